The number of rotatable bonds is 9. The van der Waals surface area contributed by atoms with Gasteiger partial charge >= 0.3 is 5.97 Å². The average Bonchev–Trinajstić information content (AvgIpc) is 3.13. The van der Waals surface area contributed by atoms with E-state index in [0.717, 1.165) is 4.90 Å². The Hall–Kier alpha value is -4.63. The molecule has 0 saturated carbocycles. The molecule has 4 rings (SSSR count). The molecule has 3 aromatic rings. The Morgan fingerprint density at radius 2 is 1.61 bits per heavy atom. The molecule has 0 aromatic heterocycles. The van der Waals surface area contributed by atoms with E-state index in [2.05, 4.69) is 10.6 Å². The van der Waals surface area contributed by atoms with Crippen molar-refractivity contribution >= 4 is 52.4 Å². The Bertz CT molecular complexity index is 1450. The van der Waals surface area contributed by atoms with Gasteiger partial charge in [-0.15, -0.1) is 0 Å². The lowest BCUT2D eigenvalue weighted by Crippen LogP contribution is -2.32. The van der Waals surface area contributed by atoms with Crippen molar-refractivity contribution in [3.63, 3.8) is 0 Å². The second kappa shape index (κ2) is 11.6. The number of amides is 3. The molecule has 0 saturated heterocycles. The van der Waals surface area contributed by atoms with Gasteiger partial charge in [-0.3, -0.25) is 14.4 Å². The average molecular weight is 534 g/mol. The highest BCUT2D eigenvalue weighted by molar-refractivity contribution is 6.53. The summed E-state index contributed by atoms with van der Waals surface area (Å²) in [5, 5.41) is 5.35. The van der Waals surface area contributed by atoms with Gasteiger partial charge in [0.2, 0.25) is 0 Å². The molecule has 194 valence electrons. The third-order valence-electron chi connectivity index (χ3n) is 5.47. The molecule has 0 bridgehead atoms. The molecular formula is C28H24ClN3O6. The van der Waals surface area contributed by atoms with Crippen LogP contribution in [0.4, 0.5) is 17.1 Å². The van der Waals surface area contributed by atoms with E-state index in [-0.39, 0.29) is 28.6 Å². The Labute approximate surface area is 224 Å². The van der Waals surface area contributed by atoms with Crippen LogP contribution in [0.25, 0.3) is 0 Å². The summed E-state index contributed by atoms with van der Waals surface area (Å²) in [5.41, 5.74) is 1.38. The number of hydrogen-bond donors (Lipinski definition) is 2. The number of benzene rings is 3. The van der Waals surface area contributed by atoms with Crippen LogP contribution in [-0.4, -0.2) is 36.9 Å². The topological polar surface area (TPSA) is 114 Å². The summed E-state index contributed by atoms with van der Waals surface area (Å²) in [6.45, 7) is 4.15. The van der Waals surface area contributed by atoms with Crippen LogP contribution in [0, 0.1) is 0 Å². The van der Waals surface area contributed by atoms with Crippen molar-refractivity contribution in [2.24, 2.45) is 0 Å². The third-order valence-corrected chi connectivity index (χ3v) is 5.82. The summed E-state index contributed by atoms with van der Waals surface area (Å²) in [5.74, 6) is -1.89. The van der Waals surface area contributed by atoms with Gasteiger partial charge in [0.05, 0.1) is 30.2 Å². The van der Waals surface area contributed by atoms with Crippen LogP contribution in [0.5, 0.6) is 5.75 Å². The zero-order chi connectivity index (χ0) is 27.2. The second-order valence-corrected chi connectivity index (χ2v) is 8.37. The van der Waals surface area contributed by atoms with Crippen molar-refractivity contribution in [1.82, 2.24) is 0 Å². The van der Waals surface area contributed by atoms with Crippen molar-refractivity contribution in [2.45, 2.75) is 13.8 Å². The van der Waals surface area contributed by atoms with Gasteiger partial charge in [0, 0.05) is 11.3 Å². The Kier molecular flexibility index (Phi) is 8.08. The molecule has 1 aliphatic rings. The number of hydrogen-bond acceptors (Lipinski definition) is 7. The first-order valence-electron chi connectivity index (χ1n) is 11.8. The summed E-state index contributed by atoms with van der Waals surface area (Å²) in [7, 11) is 0. The van der Waals surface area contributed by atoms with Gasteiger partial charge in [-0.2, -0.15) is 0 Å². The molecule has 0 atom stereocenters. The number of para-hydroxylation sites is 2. The van der Waals surface area contributed by atoms with E-state index in [1.165, 1.54) is 30.3 Å². The Balaban J connectivity index is 1.53. The van der Waals surface area contributed by atoms with Crippen LogP contribution in [0.3, 0.4) is 0 Å². The third kappa shape index (κ3) is 5.52. The molecule has 3 aromatic carbocycles. The van der Waals surface area contributed by atoms with Gasteiger partial charge in [0.1, 0.15) is 16.5 Å². The molecule has 1 aliphatic heterocycles. The fourth-order valence-electron chi connectivity index (χ4n) is 3.76. The van der Waals surface area contributed by atoms with Crippen LogP contribution in [0.1, 0.15) is 34.6 Å². The maximum absolute atomic E-state index is 13.2. The van der Waals surface area contributed by atoms with Gasteiger partial charge in [-0.25, -0.2) is 9.69 Å². The van der Waals surface area contributed by atoms with Crippen LogP contribution in [-0.2, 0) is 14.3 Å². The van der Waals surface area contributed by atoms with Crippen molar-refractivity contribution in [2.75, 3.05) is 28.7 Å². The monoisotopic (exact) mass is 533 g/mol. The summed E-state index contributed by atoms with van der Waals surface area (Å²) in [6, 6.07) is 19.4. The van der Waals surface area contributed by atoms with E-state index in [1.54, 1.807) is 49.4 Å². The predicted molar refractivity (Wildman–Crippen MR) is 143 cm³/mol. The zero-order valence-electron chi connectivity index (χ0n) is 20.6. The maximum atomic E-state index is 13.2. The van der Waals surface area contributed by atoms with Gasteiger partial charge < -0.3 is 20.1 Å². The molecule has 0 radical (unpaired) electrons. The first-order chi connectivity index (χ1) is 18.3. The minimum Gasteiger partial charge on any atom is -0.492 e. The van der Waals surface area contributed by atoms with E-state index in [9.17, 15) is 19.2 Å². The number of imide groups is 1. The SMILES string of the molecule is CCOC(=O)c1cccc(N2C(=O)C(Cl)=C(Nc3cccc(C(=O)Nc4ccccc4OCC)c3)C2=O)c1. The van der Waals surface area contributed by atoms with E-state index in [1.807, 2.05) is 6.92 Å². The van der Waals surface area contributed by atoms with E-state index in [0.29, 0.717) is 29.3 Å². The molecule has 2 N–H and O–H groups in total. The summed E-state index contributed by atoms with van der Waals surface area (Å²) in [6.07, 6.45) is 0. The highest BCUT2D eigenvalue weighted by Crippen LogP contribution is 2.31. The molecule has 0 fully saturated rings. The number of nitrogens with one attached hydrogen (secondary N) is 2. The Morgan fingerprint density at radius 3 is 2.37 bits per heavy atom. The zero-order valence-corrected chi connectivity index (χ0v) is 21.4. The lowest BCUT2D eigenvalue weighted by atomic mass is 10.1. The molecule has 38 heavy (non-hydrogen) atoms. The number of carbonyl (C=O) groups excluding carboxylic acids is 4. The smallest absolute Gasteiger partial charge is 0.338 e. The van der Waals surface area contributed by atoms with Crippen molar-refractivity contribution in [3.8, 4) is 5.75 Å². The largest absolute Gasteiger partial charge is 0.492 e. The molecule has 9 nitrogen and oxygen atoms in total. The summed E-state index contributed by atoms with van der Waals surface area (Å²) < 4.78 is 10.5. The summed E-state index contributed by atoms with van der Waals surface area (Å²) in [4.78, 5) is 51.9. The van der Waals surface area contributed by atoms with E-state index < -0.39 is 23.7 Å². The van der Waals surface area contributed by atoms with Crippen molar-refractivity contribution < 1.29 is 28.7 Å². The van der Waals surface area contributed by atoms with Gasteiger partial charge in [0.25, 0.3) is 17.7 Å². The fraction of sp³-hybridized carbons (Fsp3) is 0.143. The summed E-state index contributed by atoms with van der Waals surface area (Å²) >= 11 is 6.25. The highest BCUT2D eigenvalue weighted by atomic mass is 35.5. The first-order valence-corrected chi connectivity index (χ1v) is 12.2. The minimum absolute atomic E-state index is 0.155. The lowest BCUT2D eigenvalue weighted by molar-refractivity contribution is -0.120. The van der Waals surface area contributed by atoms with Crippen LogP contribution < -0.4 is 20.3 Å². The second-order valence-electron chi connectivity index (χ2n) is 7.99. The Morgan fingerprint density at radius 1 is 0.868 bits per heavy atom. The number of carbonyl (C=O) groups is 4. The quantitative estimate of drug-likeness (QED) is 0.295. The van der Waals surface area contributed by atoms with Crippen LogP contribution in [0.2, 0.25) is 0 Å². The van der Waals surface area contributed by atoms with Crippen molar-refractivity contribution in [3.05, 3.63) is 94.7 Å². The minimum atomic E-state index is -0.749. The molecule has 0 unspecified atom stereocenters. The first kappa shape index (κ1) is 26.4. The number of anilines is 3. The molecular weight excluding hydrogens is 510 g/mol. The van der Waals surface area contributed by atoms with Crippen LogP contribution >= 0.6 is 11.6 Å². The number of halogens is 1. The molecule has 1 heterocycles. The molecule has 0 aliphatic carbocycles. The van der Waals surface area contributed by atoms with E-state index in [4.69, 9.17) is 21.1 Å². The molecule has 3 amide bonds. The number of ether oxygens (including phenoxy) is 2. The fourth-order valence-corrected chi connectivity index (χ4v) is 3.97. The lowest BCUT2D eigenvalue weighted by Gasteiger charge is -2.16. The normalized spacial score (nSPS) is 13.0. The maximum Gasteiger partial charge on any atom is 0.338 e. The van der Waals surface area contributed by atoms with Crippen LogP contribution in [0.15, 0.2) is 83.5 Å². The van der Waals surface area contributed by atoms with Crippen molar-refractivity contribution in [1.29, 1.82) is 0 Å². The standard InChI is InChI=1S/C28H24ClN3O6/c1-3-37-22-14-6-5-13-21(22)31-25(33)17-9-7-11-19(15-17)30-24-23(29)26(34)32(27(24)35)20-12-8-10-18(16-20)28(36)38-4-2/h5-16,30H,3-4H2,1-2H3,(H,31,33). The molecule has 10 heteroatoms. The number of esters is 1. The highest BCUT2D eigenvalue weighted by Gasteiger charge is 2.39. The van der Waals surface area contributed by atoms with E-state index >= 15 is 0 Å². The predicted octanol–water partition coefficient (Wildman–Crippen LogP) is 4.95. The van der Waals surface area contributed by atoms with Gasteiger partial charge in [-0.1, -0.05) is 35.9 Å². The molecule has 0 spiro atoms. The van der Waals surface area contributed by atoms with Gasteiger partial charge in [0.15, 0.2) is 0 Å². The number of nitrogens with zero attached hydrogens (tertiary/aromatic N) is 1. The van der Waals surface area contributed by atoms with Gasteiger partial charge in [-0.05, 0) is 62.4 Å².